The van der Waals surface area contributed by atoms with Gasteiger partial charge in [-0.1, -0.05) is 54.6 Å². The number of fused-ring (bicyclic) bond motifs is 2. The van der Waals surface area contributed by atoms with Crippen molar-refractivity contribution < 1.29 is 14.7 Å². The number of carbonyl (C=O) groups excluding carboxylic acids is 1. The molecule has 1 atom stereocenters. The first-order chi connectivity index (χ1) is 16.5. The number of imidazole rings is 1. The fourth-order valence-corrected chi connectivity index (χ4v) is 4.89. The van der Waals surface area contributed by atoms with E-state index in [-0.39, 0.29) is 18.2 Å². The van der Waals surface area contributed by atoms with E-state index in [9.17, 15) is 19.5 Å². The van der Waals surface area contributed by atoms with Crippen molar-refractivity contribution in [3.8, 4) is 0 Å². The molecule has 1 aliphatic heterocycles. The maximum Gasteiger partial charge on any atom is 0.326 e. The van der Waals surface area contributed by atoms with Crippen molar-refractivity contribution in [2.45, 2.75) is 31.3 Å². The Balaban J connectivity index is 1.26. The molecular weight excluding hydrogens is 432 g/mol. The number of aromatic nitrogens is 2. The second-order valence-electron chi connectivity index (χ2n) is 8.72. The quantitative estimate of drug-likeness (QED) is 0.425. The number of nitrogens with zero attached hydrogens (tertiary/aromatic N) is 2. The van der Waals surface area contributed by atoms with E-state index < -0.39 is 18.0 Å². The first-order valence-corrected chi connectivity index (χ1v) is 11.5. The van der Waals surface area contributed by atoms with Crippen LogP contribution in [0.1, 0.15) is 24.4 Å². The second kappa shape index (κ2) is 9.05. The van der Waals surface area contributed by atoms with Crippen LogP contribution in [-0.2, 0) is 11.2 Å². The van der Waals surface area contributed by atoms with E-state index in [1.807, 2.05) is 66.7 Å². The molecule has 3 aromatic carbocycles. The van der Waals surface area contributed by atoms with Gasteiger partial charge in [-0.25, -0.2) is 14.4 Å². The number of hydrogen-bond acceptors (Lipinski definition) is 3. The minimum absolute atomic E-state index is 0.0151. The van der Waals surface area contributed by atoms with Gasteiger partial charge in [-0.05, 0) is 41.3 Å². The number of likely N-dealkylation sites (tertiary alicyclic amines) is 1. The van der Waals surface area contributed by atoms with Crippen LogP contribution in [0.5, 0.6) is 0 Å². The number of urea groups is 1. The molecule has 1 aliphatic rings. The SMILES string of the molecule is O=C(O)C(Cc1cccc2ccccc12)NC(=O)N1CCC(n2c(=O)[nH]c3ccccc32)CC1. The van der Waals surface area contributed by atoms with Crippen LogP contribution in [0.15, 0.2) is 71.5 Å². The molecule has 0 radical (unpaired) electrons. The number of rotatable bonds is 5. The minimum atomic E-state index is -1.07. The van der Waals surface area contributed by atoms with Crippen molar-refractivity contribution in [3.05, 3.63) is 82.8 Å². The van der Waals surface area contributed by atoms with Gasteiger partial charge in [-0.3, -0.25) is 4.57 Å². The fourth-order valence-electron chi connectivity index (χ4n) is 4.89. The molecule has 1 saturated heterocycles. The van der Waals surface area contributed by atoms with Gasteiger partial charge in [0, 0.05) is 25.6 Å². The average molecular weight is 459 g/mol. The van der Waals surface area contributed by atoms with E-state index in [0.29, 0.717) is 25.9 Å². The molecule has 2 heterocycles. The third kappa shape index (κ3) is 4.14. The van der Waals surface area contributed by atoms with Gasteiger partial charge in [0.1, 0.15) is 6.04 Å². The standard InChI is InChI=1S/C26H26N4O4/c31-24(32)22(16-18-8-5-7-17-6-1-2-9-20(17)18)28-25(33)29-14-12-19(13-15-29)30-23-11-4-3-10-21(23)27-26(30)34/h1-11,19,22H,12-16H2,(H,27,34)(H,28,33)(H,31,32). The molecule has 3 N–H and O–H groups in total. The molecular formula is C26H26N4O4. The third-order valence-corrected chi connectivity index (χ3v) is 6.64. The molecule has 0 aliphatic carbocycles. The number of para-hydroxylation sites is 2. The number of benzene rings is 3. The van der Waals surface area contributed by atoms with Crippen molar-refractivity contribution in [2.24, 2.45) is 0 Å². The summed E-state index contributed by atoms with van der Waals surface area (Å²) < 4.78 is 1.77. The van der Waals surface area contributed by atoms with Gasteiger partial charge in [0.25, 0.3) is 0 Å². The number of carboxylic acids is 1. The number of carbonyl (C=O) groups is 2. The van der Waals surface area contributed by atoms with E-state index in [1.54, 1.807) is 9.47 Å². The lowest BCUT2D eigenvalue weighted by Gasteiger charge is -2.33. The van der Waals surface area contributed by atoms with Crippen LogP contribution in [0.25, 0.3) is 21.8 Å². The van der Waals surface area contributed by atoms with Crippen LogP contribution in [0.4, 0.5) is 4.79 Å². The summed E-state index contributed by atoms with van der Waals surface area (Å²) in [7, 11) is 0. The summed E-state index contributed by atoms with van der Waals surface area (Å²) in [6.45, 7) is 0.895. The molecule has 8 heteroatoms. The van der Waals surface area contributed by atoms with Crippen LogP contribution in [0, 0.1) is 0 Å². The molecule has 5 rings (SSSR count). The second-order valence-corrected chi connectivity index (χ2v) is 8.72. The highest BCUT2D eigenvalue weighted by atomic mass is 16.4. The zero-order chi connectivity index (χ0) is 23.7. The zero-order valence-electron chi connectivity index (χ0n) is 18.6. The van der Waals surface area contributed by atoms with Crippen LogP contribution < -0.4 is 11.0 Å². The molecule has 34 heavy (non-hydrogen) atoms. The summed E-state index contributed by atoms with van der Waals surface area (Å²) in [5, 5.41) is 14.5. The smallest absolute Gasteiger partial charge is 0.326 e. The summed E-state index contributed by atoms with van der Waals surface area (Å²) in [5.41, 5.74) is 2.38. The van der Waals surface area contributed by atoms with Crippen molar-refractivity contribution in [2.75, 3.05) is 13.1 Å². The summed E-state index contributed by atoms with van der Waals surface area (Å²) in [6, 6.07) is 19.7. The van der Waals surface area contributed by atoms with Crippen molar-refractivity contribution >= 4 is 33.8 Å². The Kier molecular flexibility index (Phi) is 5.79. The number of hydrogen-bond donors (Lipinski definition) is 3. The van der Waals surface area contributed by atoms with Crippen LogP contribution >= 0.6 is 0 Å². The molecule has 0 bridgehead atoms. The maximum atomic E-state index is 12.9. The summed E-state index contributed by atoms with van der Waals surface area (Å²) in [5.74, 6) is -1.07. The van der Waals surface area contributed by atoms with Gasteiger partial charge in [-0.15, -0.1) is 0 Å². The Morgan fingerprint density at radius 3 is 2.50 bits per heavy atom. The molecule has 2 amide bonds. The molecule has 1 aromatic heterocycles. The molecule has 4 aromatic rings. The van der Waals surface area contributed by atoms with Crippen molar-refractivity contribution in [3.63, 3.8) is 0 Å². The Morgan fingerprint density at radius 2 is 1.71 bits per heavy atom. The van der Waals surface area contributed by atoms with Gasteiger partial charge in [-0.2, -0.15) is 0 Å². The summed E-state index contributed by atoms with van der Waals surface area (Å²) in [6.07, 6.45) is 1.44. The predicted molar refractivity (Wildman–Crippen MR) is 130 cm³/mol. The molecule has 0 spiro atoms. The first kappa shape index (κ1) is 21.8. The van der Waals surface area contributed by atoms with Crippen molar-refractivity contribution in [1.29, 1.82) is 0 Å². The minimum Gasteiger partial charge on any atom is -0.480 e. The van der Waals surface area contributed by atoms with Crippen LogP contribution in [-0.4, -0.2) is 50.7 Å². The Bertz CT molecular complexity index is 1410. The van der Waals surface area contributed by atoms with E-state index in [4.69, 9.17) is 0 Å². The monoisotopic (exact) mass is 458 g/mol. The van der Waals surface area contributed by atoms with Crippen LogP contribution in [0.2, 0.25) is 0 Å². The lowest BCUT2D eigenvalue weighted by Crippen LogP contribution is -2.51. The molecule has 174 valence electrons. The Hall–Kier alpha value is -4.07. The third-order valence-electron chi connectivity index (χ3n) is 6.64. The lowest BCUT2D eigenvalue weighted by atomic mass is 9.99. The van der Waals surface area contributed by atoms with Crippen molar-refractivity contribution in [1.82, 2.24) is 19.8 Å². The van der Waals surface area contributed by atoms with Gasteiger partial charge in [0.2, 0.25) is 0 Å². The maximum absolute atomic E-state index is 12.9. The van der Waals surface area contributed by atoms with E-state index >= 15 is 0 Å². The highest BCUT2D eigenvalue weighted by Crippen LogP contribution is 2.25. The number of aromatic amines is 1. The highest BCUT2D eigenvalue weighted by molar-refractivity contribution is 5.87. The van der Waals surface area contributed by atoms with E-state index in [1.165, 1.54) is 0 Å². The van der Waals surface area contributed by atoms with Gasteiger partial charge < -0.3 is 20.3 Å². The fraction of sp³-hybridized carbons (Fsp3) is 0.269. The predicted octanol–water partition coefficient (Wildman–Crippen LogP) is 3.53. The number of nitrogens with one attached hydrogen (secondary N) is 2. The Labute approximate surface area is 195 Å². The van der Waals surface area contributed by atoms with Gasteiger partial charge in [0.15, 0.2) is 0 Å². The Morgan fingerprint density at radius 1 is 1.00 bits per heavy atom. The topological polar surface area (TPSA) is 107 Å². The normalized spacial score (nSPS) is 15.5. The largest absolute Gasteiger partial charge is 0.480 e. The summed E-state index contributed by atoms with van der Waals surface area (Å²) in [4.78, 5) is 41.9. The van der Waals surface area contributed by atoms with E-state index in [2.05, 4.69) is 10.3 Å². The van der Waals surface area contributed by atoms with Gasteiger partial charge in [0.05, 0.1) is 11.0 Å². The number of piperidine rings is 1. The zero-order valence-corrected chi connectivity index (χ0v) is 18.6. The first-order valence-electron chi connectivity index (χ1n) is 11.5. The van der Waals surface area contributed by atoms with Gasteiger partial charge >= 0.3 is 17.7 Å². The summed E-state index contributed by atoms with van der Waals surface area (Å²) >= 11 is 0. The average Bonchev–Trinajstić information content (AvgIpc) is 3.19. The number of amides is 2. The van der Waals surface area contributed by atoms with E-state index in [0.717, 1.165) is 27.4 Å². The number of aliphatic carboxylic acids is 1. The highest BCUT2D eigenvalue weighted by Gasteiger charge is 2.29. The lowest BCUT2D eigenvalue weighted by molar-refractivity contribution is -0.139. The molecule has 1 unspecified atom stereocenters. The molecule has 1 fully saturated rings. The number of carboxylic acid groups (broad SMARTS) is 1. The molecule has 8 nitrogen and oxygen atoms in total. The van der Waals surface area contributed by atoms with Crippen LogP contribution in [0.3, 0.4) is 0 Å². The molecule has 0 saturated carbocycles. The number of H-pyrrole nitrogens is 1.